The molecule has 2 aliphatic carbocycles. The molecular weight excluding hydrogens is 821 g/mol. The number of aromatic nitrogens is 4. The molecule has 2 aromatic heterocycles. The molecule has 4 aromatic carbocycles. The first-order valence-electron chi connectivity index (χ1n) is 17.9. The van der Waals surface area contributed by atoms with E-state index >= 15 is 0 Å². The van der Waals surface area contributed by atoms with E-state index in [4.69, 9.17) is 79.8 Å². The van der Waals surface area contributed by atoms with Gasteiger partial charge in [0.05, 0.1) is 32.8 Å². The molecule has 0 spiro atoms. The highest BCUT2D eigenvalue weighted by Crippen LogP contribution is 2.40. The summed E-state index contributed by atoms with van der Waals surface area (Å²) in [5.74, 6) is -0.627. The van der Waals surface area contributed by atoms with E-state index in [1.165, 1.54) is 0 Å². The van der Waals surface area contributed by atoms with Gasteiger partial charge >= 0.3 is 0 Å². The molecule has 8 nitrogen and oxygen atoms in total. The van der Waals surface area contributed by atoms with Gasteiger partial charge < -0.3 is 10.6 Å². The number of nitrogens with one attached hydrogen (secondary N) is 2. The van der Waals surface area contributed by atoms with E-state index in [2.05, 4.69) is 10.6 Å². The summed E-state index contributed by atoms with van der Waals surface area (Å²) in [5, 5.41) is 18.8. The number of rotatable bonds is 8. The molecule has 2 N–H and O–H groups in total. The van der Waals surface area contributed by atoms with Crippen molar-refractivity contribution in [2.45, 2.75) is 44.9 Å². The predicted octanol–water partition coefficient (Wildman–Crippen LogP) is 10.8. The van der Waals surface area contributed by atoms with Crippen molar-refractivity contribution in [2.75, 3.05) is 13.1 Å². The van der Waals surface area contributed by atoms with Gasteiger partial charge in [0.15, 0.2) is 11.4 Å². The largest absolute Gasteiger partial charge is 0.351 e. The number of aryl methyl sites for hydroxylation is 2. The SMILES string of the molecule is O=C(NCCCNC(=O)c1nn(-c2ccc(Cl)cc2Cl)c2c1CCCc1cc(Cl)ccc1-2)c1nn(-c2ccc(Cl)cc2Cl)c2c1CCCc1cc(Cl)ccc1-2. The van der Waals surface area contributed by atoms with Gasteiger partial charge in [0.25, 0.3) is 11.8 Å². The van der Waals surface area contributed by atoms with E-state index in [1.54, 1.807) is 45.8 Å². The zero-order valence-electron chi connectivity index (χ0n) is 29.2. The first-order chi connectivity index (χ1) is 26.6. The van der Waals surface area contributed by atoms with Crippen LogP contribution in [-0.2, 0) is 25.7 Å². The summed E-state index contributed by atoms with van der Waals surface area (Å²) in [6.07, 6.45) is 4.98. The number of benzene rings is 4. The third kappa shape index (κ3) is 7.49. The van der Waals surface area contributed by atoms with Gasteiger partial charge in [-0.25, -0.2) is 9.36 Å². The van der Waals surface area contributed by atoms with E-state index in [0.717, 1.165) is 70.5 Å². The minimum Gasteiger partial charge on any atom is -0.351 e. The lowest BCUT2D eigenvalue weighted by Crippen LogP contribution is -2.31. The molecule has 55 heavy (non-hydrogen) atoms. The smallest absolute Gasteiger partial charge is 0.272 e. The second kappa shape index (κ2) is 15.8. The third-order valence-electron chi connectivity index (χ3n) is 9.99. The number of hydrogen-bond donors (Lipinski definition) is 2. The fourth-order valence-electron chi connectivity index (χ4n) is 7.52. The molecule has 2 amide bonds. The quantitative estimate of drug-likeness (QED) is 0.149. The average molecular weight is 853 g/mol. The molecule has 6 aromatic rings. The molecule has 0 saturated carbocycles. The molecule has 2 heterocycles. The van der Waals surface area contributed by atoms with Crippen LogP contribution in [0.25, 0.3) is 33.9 Å². The Morgan fingerprint density at radius 3 is 1.36 bits per heavy atom. The number of hydrogen-bond acceptors (Lipinski definition) is 4. The minimum absolute atomic E-state index is 0.301. The van der Waals surface area contributed by atoms with Gasteiger partial charge in [0.2, 0.25) is 0 Å². The Kier molecular flexibility index (Phi) is 10.9. The first-order valence-corrected chi connectivity index (χ1v) is 20.1. The Hall–Kier alpha value is -4.02. The van der Waals surface area contributed by atoms with Crippen LogP contribution < -0.4 is 10.6 Å². The van der Waals surface area contributed by atoms with Crippen LogP contribution >= 0.6 is 69.6 Å². The maximum absolute atomic E-state index is 13.8. The van der Waals surface area contributed by atoms with Crippen LogP contribution in [0.2, 0.25) is 30.1 Å². The number of amides is 2. The van der Waals surface area contributed by atoms with Crippen molar-refractivity contribution in [1.29, 1.82) is 0 Å². The van der Waals surface area contributed by atoms with Crippen molar-refractivity contribution in [3.05, 3.63) is 137 Å². The van der Waals surface area contributed by atoms with Crippen LogP contribution in [0.1, 0.15) is 62.5 Å². The van der Waals surface area contributed by atoms with Gasteiger partial charge in [0.1, 0.15) is 0 Å². The Balaban J connectivity index is 1.02. The minimum atomic E-state index is -0.313. The van der Waals surface area contributed by atoms with Crippen LogP contribution in [0.4, 0.5) is 0 Å². The summed E-state index contributed by atoms with van der Waals surface area (Å²) in [6, 6.07) is 21.9. The number of carbonyl (C=O) groups is 2. The van der Waals surface area contributed by atoms with Crippen LogP contribution in [0.3, 0.4) is 0 Å². The molecule has 280 valence electrons. The lowest BCUT2D eigenvalue weighted by atomic mass is 10.0. The van der Waals surface area contributed by atoms with Crippen molar-refractivity contribution in [3.63, 3.8) is 0 Å². The summed E-state index contributed by atoms with van der Waals surface area (Å²) >= 11 is 38.6. The molecule has 0 unspecified atom stereocenters. The van der Waals surface area contributed by atoms with Gasteiger partial charge in [-0.15, -0.1) is 0 Å². The standard InChI is InChI=1S/C41H32Cl6N6O2/c42-24-8-12-28-22(18-24)4-1-6-30-36(50-52(38(28)30)34-14-10-26(44)20-32(34)46)40(54)48-16-3-17-49-41(55)37-31-7-2-5-23-19-25(43)9-13-29(23)39(31)53(51-37)35-15-11-27(45)21-33(35)47/h8-15,18-21H,1-7,16-17H2,(H,48,54)(H,49,55). The van der Waals surface area contributed by atoms with E-state index in [1.807, 2.05) is 36.4 Å². The van der Waals surface area contributed by atoms with Gasteiger partial charge in [-0.1, -0.05) is 81.7 Å². The zero-order valence-corrected chi connectivity index (χ0v) is 33.7. The van der Waals surface area contributed by atoms with Crippen molar-refractivity contribution in [3.8, 4) is 33.9 Å². The van der Waals surface area contributed by atoms with E-state index < -0.39 is 0 Å². The van der Waals surface area contributed by atoms with Gasteiger partial charge in [0, 0.05) is 55.4 Å². The van der Waals surface area contributed by atoms with Crippen molar-refractivity contribution in [2.24, 2.45) is 0 Å². The lowest BCUT2D eigenvalue weighted by Gasteiger charge is -2.13. The monoisotopic (exact) mass is 850 g/mol. The molecule has 0 aliphatic heterocycles. The fourth-order valence-corrected chi connectivity index (χ4v) is 8.88. The topological polar surface area (TPSA) is 93.8 Å². The molecular formula is C41H32Cl6N6O2. The van der Waals surface area contributed by atoms with Crippen molar-refractivity contribution in [1.82, 2.24) is 30.2 Å². The molecule has 0 radical (unpaired) electrons. The molecule has 0 fully saturated rings. The Bertz CT molecular complexity index is 2340. The Morgan fingerprint density at radius 1 is 0.545 bits per heavy atom. The summed E-state index contributed by atoms with van der Waals surface area (Å²) in [5.41, 5.74) is 9.18. The Morgan fingerprint density at radius 2 is 0.945 bits per heavy atom. The van der Waals surface area contributed by atoms with Gasteiger partial charge in [-0.05, 0) is 117 Å². The second-order valence-electron chi connectivity index (χ2n) is 13.5. The number of carbonyl (C=O) groups excluding carboxylic acids is 2. The van der Waals surface area contributed by atoms with Crippen molar-refractivity contribution < 1.29 is 9.59 Å². The maximum Gasteiger partial charge on any atom is 0.272 e. The van der Waals surface area contributed by atoms with Crippen LogP contribution in [-0.4, -0.2) is 44.5 Å². The highest BCUT2D eigenvalue weighted by molar-refractivity contribution is 6.36. The van der Waals surface area contributed by atoms with E-state index in [0.29, 0.717) is 85.3 Å². The van der Waals surface area contributed by atoms with Gasteiger partial charge in [-0.3, -0.25) is 9.59 Å². The van der Waals surface area contributed by atoms with Crippen LogP contribution in [0.5, 0.6) is 0 Å². The molecule has 0 saturated heterocycles. The molecule has 0 bridgehead atoms. The Labute approximate surface area is 347 Å². The van der Waals surface area contributed by atoms with Crippen LogP contribution in [0.15, 0.2) is 72.8 Å². The van der Waals surface area contributed by atoms with Crippen molar-refractivity contribution >= 4 is 81.4 Å². The summed E-state index contributed by atoms with van der Waals surface area (Å²) in [6.45, 7) is 0.603. The zero-order chi connectivity index (χ0) is 38.4. The summed E-state index contributed by atoms with van der Waals surface area (Å²) in [4.78, 5) is 27.6. The first kappa shape index (κ1) is 37.9. The normalized spacial score (nSPS) is 13.2. The molecule has 8 rings (SSSR count). The molecule has 0 atom stereocenters. The average Bonchev–Trinajstić information content (AvgIpc) is 3.57. The van der Waals surface area contributed by atoms with Gasteiger partial charge in [-0.2, -0.15) is 10.2 Å². The summed E-state index contributed by atoms with van der Waals surface area (Å²) in [7, 11) is 0. The number of fused-ring (bicyclic) bond motifs is 6. The summed E-state index contributed by atoms with van der Waals surface area (Å²) < 4.78 is 3.46. The lowest BCUT2D eigenvalue weighted by molar-refractivity contribution is 0.0945. The molecule has 14 heteroatoms. The number of halogens is 6. The maximum atomic E-state index is 13.8. The van der Waals surface area contributed by atoms with E-state index in [-0.39, 0.29) is 11.8 Å². The third-order valence-corrected chi connectivity index (χ3v) is 11.5. The second-order valence-corrected chi connectivity index (χ2v) is 16.1. The van der Waals surface area contributed by atoms with Crippen LogP contribution in [0, 0.1) is 0 Å². The fraction of sp³-hybridized carbons (Fsp3) is 0.220. The highest BCUT2D eigenvalue weighted by atomic mass is 35.5. The van der Waals surface area contributed by atoms with E-state index in [9.17, 15) is 9.59 Å². The molecule has 2 aliphatic rings. The highest BCUT2D eigenvalue weighted by Gasteiger charge is 2.30. The predicted molar refractivity (Wildman–Crippen MR) is 221 cm³/mol. The number of nitrogens with zero attached hydrogens (tertiary/aromatic N) is 4.